The van der Waals surface area contributed by atoms with Crippen LogP contribution in [0.1, 0.15) is 32.3 Å². The number of nitro benzene ring substituents is 1. The highest BCUT2D eigenvalue weighted by atomic mass is 19.1. The maximum atomic E-state index is 13.2. The Morgan fingerprint density at radius 3 is 2.74 bits per heavy atom. The minimum Gasteiger partial charge on any atom is -0.389 e. The molecule has 1 aromatic carbocycles. The van der Waals surface area contributed by atoms with Crippen LogP contribution in [-0.4, -0.2) is 22.2 Å². The summed E-state index contributed by atoms with van der Waals surface area (Å²) < 4.78 is 13.2. The molecule has 1 atom stereocenters. The van der Waals surface area contributed by atoms with E-state index in [2.05, 4.69) is 5.32 Å². The summed E-state index contributed by atoms with van der Waals surface area (Å²) in [5.41, 5.74) is -0.607. The van der Waals surface area contributed by atoms with Crippen LogP contribution in [0.25, 0.3) is 0 Å². The van der Waals surface area contributed by atoms with Crippen LogP contribution in [0.15, 0.2) is 18.2 Å². The van der Waals surface area contributed by atoms with Gasteiger partial charge < -0.3 is 10.4 Å². The molecular formula is C13H19FN2O3. The number of rotatable bonds is 7. The lowest BCUT2D eigenvalue weighted by Gasteiger charge is -2.23. The molecule has 1 aromatic rings. The summed E-state index contributed by atoms with van der Waals surface area (Å²) >= 11 is 0. The molecule has 6 heteroatoms. The van der Waals surface area contributed by atoms with Crippen molar-refractivity contribution in [1.29, 1.82) is 0 Å². The number of benzene rings is 1. The van der Waals surface area contributed by atoms with E-state index in [1.165, 1.54) is 12.1 Å². The van der Waals surface area contributed by atoms with Gasteiger partial charge in [0.1, 0.15) is 5.82 Å². The molecule has 1 rings (SSSR count). The molecule has 0 amide bonds. The van der Waals surface area contributed by atoms with Crippen LogP contribution < -0.4 is 5.32 Å². The van der Waals surface area contributed by atoms with E-state index >= 15 is 0 Å². The maximum Gasteiger partial charge on any atom is 0.272 e. The lowest BCUT2D eigenvalue weighted by atomic mass is 10.0. The van der Waals surface area contributed by atoms with Gasteiger partial charge in [-0.25, -0.2) is 4.39 Å². The van der Waals surface area contributed by atoms with Gasteiger partial charge in [0.25, 0.3) is 5.69 Å². The smallest absolute Gasteiger partial charge is 0.272 e. The van der Waals surface area contributed by atoms with E-state index in [9.17, 15) is 19.6 Å². The molecule has 0 fully saturated rings. The second-order valence-corrected chi connectivity index (χ2v) is 4.93. The van der Waals surface area contributed by atoms with E-state index in [1.807, 2.05) is 6.92 Å². The normalized spacial score (nSPS) is 14.1. The Bertz CT molecular complexity index is 450. The number of nitrogens with one attached hydrogen (secondary N) is 1. The Balaban J connectivity index is 2.61. The van der Waals surface area contributed by atoms with Crippen LogP contribution in [0, 0.1) is 15.9 Å². The molecule has 0 heterocycles. The lowest BCUT2D eigenvalue weighted by Crippen LogP contribution is -2.37. The molecule has 106 valence electrons. The summed E-state index contributed by atoms with van der Waals surface area (Å²) in [5, 5.41) is 23.5. The number of aliphatic hydroxyl groups is 1. The van der Waals surface area contributed by atoms with Crippen LogP contribution in [0.2, 0.25) is 0 Å². The Morgan fingerprint density at radius 2 is 2.16 bits per heavy atom. The Hall–Kier alpha value is -1.53. The molecule has 0 saturated heterocycles. The van der Waals surface area contributed by atoms with Crippen molar-refractivity contribution in [2.45, 2.75) is 38.8 Å². The van der Waals surface area contributed by atoms with Gasteiger partial charge in [0.05, 0.1) is 16.6 Å². The van der Waals surface area contributed by atoms with E-state index in [4.69, 9.17) is 0 Å². The van der Waals surface area contributed by atoms with Crippen molar-refractivity contribution in [1.82, 2.24) is 5.32 Å². The van der Waals surface area contributed by atoms with Gasteiger partial charge in [-0.1, -0.05) is 13.3 Å². The van der Waals surface area contributed by atoms with Crippen LogP contribution >= 0.6 is 0 Å². The molecular weight excluding hydrogens is 251 g/mol. The van der Waals surface area contributed by atoms with Gasteiger partial charge >= 0.3 is 0 Å². The Kier molecular flexibility index (Phi) is 5.38. The number of nitrogens with zero attached hydrogens (tertiary/aromatic N) is 1. The number of hydrogen-bond acceptors (Lipinski definition) is 4. The highest BCUT2D eigenvalue weighted by Gasteiger charge is 2.18. The highest BCUT2D eigenvalue weighted by molar-refractivity contribution is 5.35. The Morgan fingerprint density at radius 1 is 1.47 bits per heavy atom. The molecule has 0 spiro atoms. The van der Waals surface area contributed by atoms with Crippen LogP contribution in [-0.2, 0) is 6.54 Å². The second kappa shape index (κ2) is 6.58. The monoisotopic (exact) mass is 270 g/mol. The number of non-ortho nitro benzene ring substituents is 1. The number of nitro groups is 1. The predicted octanol–water partition coefficient (Wildman–Crippen LogP) is 2.37. The van der Waals surface area contributed by atoms with Crippen LogP contribution in [0.5, 0.6) is 0 Å². The summed E-state index contributed by atoms with van der Waals surface area (Å²) in [6, 6.07) is 3.45. The van der Waals surface area contributed by atoms with Crippen molar-refractivity contribution in [2.24, 2.45) is 0 Å². The largest absolute Gasteiger partial charge is 0.389 e. The van der Waals surface area contributed by atoms with Gasteiger partial charge in [-0.2, -0.15) is 0 Å². The average Bonchev–Trinajstić information content (AvgIpc) is 2.27. The first-order chi connectivity index (χ1) is 8.84. The minimum atomic E-state index is -0.825. The van der Waals surface area contributed by atoms with Crippen molar-refractivity contribution in [2.75, 3.05) is 6.54 Å². The summed E-state index contributed by atoms with van der Waals surface area (Å²) in [5.74, 6) is -0.633. The quantitative estimate of drug-likeness (QED) is 0.589. The van der Waals surface area contributed by atoms with Crippen LogP contribution in [0.4, 0.5) is 10.1 Å². The molecule has 19 heavy (non-hydrogen) atoms. The third-order valence-electron chi connectivity index (χ3n) is 2.78. The van der Waals surface area contributed by atoms with Gasteiger partial charge in [0.2, 0.25) is 0 Å². The van der Waals surface area contributed by atoms with E-state index in [-0.39, 0.29) is 12.2 Å². The summed E-state index contributed by atoms with van der Waals surface area (Å²) in [6.45, 7) is 4.32. The average molecular weight is 270 g/mol. The van der Waals surface area contributed by atoms with E-state index in [1.54, 1.807) is 6.92 Å². The zero-order valence-corrected chi connectivity index (χ0v) is 11.1. The molecule has 5 nitrogen and oxygen atoms in total. The molecule has 0 bridgehead atoms. The molecule has 0 saturated carbocycles. The summed E-state index contributed by atoms with van der Waals surface area (Å²) in [4.78, 5) is 9.98. The van der Waals surface area contributed by atoms with Gasteiger partial charge in [0.15, 0.2) is 0 Å². The van der Waals surface area contributed by atoms with Crippen molar-refractivity contribution in [3.05, 3.63) is 39.7 Å². The van der Waals surface area contributed by atoms with Gasteiger partial charge in [-0.05, 0) is 25.0 Å². The third-order valence-corrected chi connectivity index (χ3v) is 2.78. The number of halogens is 1. The first kappa shape index (κ1) is 15.5. The van der Waals surface area contributed by atoms with E-state index < -0.39 is 16.3 Å². The highest BCUT2D eigenvalue weighted by Crippen LogP contribution is 2.16. The van der Waals surface area contributed by atoms with Crippen molar-refractivity contribution >= 4 is 5.69 Å². The van der Waals surface area contributed by atoms with Crippen molar-refractivity contribution in [3.8, 4) is 0 Å². The lowest BCUT2D eigenvalue weighted by molar-refractivity contribution is -0.385. The fourth-order valence-corrected chi connectivity index (χ4v) is 1.94. The van der Waals surface area contributed by atoms with Gasteiger partial charge in [-0.3, -0.25) is 10.1 Å². The minimum absolute atomic E-state index is 0.267. The number of hydrogen-bond donors (Lipinski definition) is 2. The Labute approximate surface area is 111 Å². The fraction of sp³-hybridized carbons (Fsp3) is 0.538. The zero-order chi connectivity index (χ0) is 14.5. The fourth-order valence-electron chi connectivity index (χ4n) is 1.94. The molecule has 0 aliphatic carbocycles. The first-order valence-corrected chi connectivity index (χ1v) is 6.21. The van der Waals surface area contributed by atoms with Gasteiger partial charge in [0, 0.05) is 19.2 Å². The van der Waals surface area contributed by atoms with Crippen LogP contribution in [0.3, 0.4) is 0 Å². The summed E-state index contributed by atoms with van der Waals surface area (Å²) in [6.07, 6.45) is 1.52. The molecule has 1 unspecified atom stereocenters. The molecule has 0 aromatic heterocycles. The summed E-state index contributed by atoms with van der Waals surface area (Å²) in [7, 11) is 0. The van der Waals surface area contributed by atoms with Crippen molar-refractivity contribution in [3.63, 3.8) is 0 Å². The zero-order valence-electron chi connectivity index (χ0n) is 11.1. The molecule has 0 aliphatic heterocycles. The maximum absolute atomic E-state index is 13.2. The van der Waals surface area contributed by atoms with Gasteiger partial charge in [-0.15, -0.1) is 0 Å². The second-order valence-electron chi connectivity index (χ2n) is 4.93. The molecule has 0 aliphatic rings. The SMILES string of the molecule is CCCC(C)(O)CNCc1cc(F)cc([N+](=O)[O-])c1. The molecule has 0 radical (unpaired) electrons. The van der Waals surface area contributed by atoms with Crippen molar-refractivity contribution < 1.29 is 14.4 Å². The topological polar surface area (TPSA) is 75.4 Å². The predicted molar refractivity (Wildman–Crippen MR) is 70.3 cm³/mol. The third kappa shape index (κ3) is 5.32. The molecule has 2 N–H and O–H groups in total. The first-order valence-electron chi connectivity index (χ1n) is 6.21. The van der Waals surface area contributed by atoms with E-state index in [0.29, 0.717) is 18.5 Å². The standard InChI is InChI=1S/C13H19FN2O3/c1-3-4-13(2,17)9-15-8-10-5-11(14)7-12(6-10)16(18)19/h5-7,15,17H,3-4,8-9H2,1-2H3. The van der Waals surface area contributed by atoms with E-state index in [0.717, 1.165) is 12.5 Å².